The molecule has 28 heavy (non-hydrogen) atoms. The Morgan fingerprint density at radius 3 is 2.71 bits per heavy atom. The third-order valence-corrected chi connectivity index (χ3v) is 4.51. The fourth-order valence-corrected chi connectivity index (χ4v) is 3.11. The summed E-state index contributed by atoms with van der Waals surface area (Å²) in [5.74, 6) is -1.11. The van der Waals surface area contributed by atoms with E-state index in [0.29, 0.717) is 31.2 Å². The zero-order valence-corrected chi connectivity index (χ0v) is 14.8. The average molecular weight is 386 g/mol. The molecule has 0 aliphatic carbocycles. The van der Waals surface area contributed by atoms with Crippen LogP contribution in [0.15, 0.2) is 54.9 Å². The van der Waals surface area contributed by atoms with Crippen molar-refractivity contribution in [2.24, 2.45) is 0 Å². The molecule has 1 saturated heterocycles. The van der Waals surface area contributed by atoms with Crippen molar-refractivity contribution in [3.8, 4) is 0 Å². The Labute approximate surface area is 159 Å². The molecule has 3 aromatic rings. The van der Waals surface area contributed by atoms with Crippen molar-refractivity contribution < 1.29 is 18.0 Å². The van der Waals surface area contributed by atoms with Gasteiger partial charge >= 0.3 is 0 Å². The van der Waals surface area contributed by atoms with E-state index in [1.54, 1.807) is 24.3 Å². The van der Waals surface area contributed by atoms with Gasteiger partial charge in [-0.05, 0) is 23.8 Å². The molecule has 1 fully saturated rings. The van der Waals surface area contributed by atoms with Crippen LogP contribution >= 0.6 is 0 Å². The molecular formula is C20H17F3N4O. The van der Waals surface area contributed by atoms with E-state index in [4.69, 9.17) is 4.84 Å². The number of halogens is 3. The molecule has 0 amide bonds. The predicted molar refractivity (Wildman–Crippen MR) is 97.9 cm³/mol. The summed E-state index contributed by atoms with van der Waals surface area (Å²) in [7, 11) is 0. The minimum atomic E-state index is -0.895. The van der Waals surface area contributed by atoms with E-state index < -0.39 is 17.7 Å². The highest BCUT2D eigenvalue weighted by atomic mass is 19.2. The number of nitrogens with one attached hydrogen (secondary N) is 1. The Morgan fingerprint density at radius 2 is 1.89 bits per heavy atom. The lowest BCUT2D eigenvalue weighted by Gasteiger charge is -2.24. The van der Waals surface area contributed by atoms with Gasteiger partial charge in [0, 0.05) is 24.6 Å². The number of hydroxylamine groups is 1. The summed E-state index contributed by atoms with van der Waals surface area (Å²) in [6, 6.07) is 11.4. The van der Waals surface area contributed by atoms with Gasteiger partial charge in [0.25, 0.3) is 0 Å². The summed E-state index contributed by atoms with van der Waals surface area (Å²) in [5.41, 5.74) is 1.11. The fraction of sp³-hybridized carbons (Fsp3) is 0.200. The summed E-state index contributed by atoms with van der Waals surface area (Å²) in [4.78, 5) is 14.0. The lowest BCUT2D eigenvalue weighted by atomic mass is 10.0. The Balaban J connectivity index is 1.53. The van der Waals surface area contributed by atoms with Crippen molar-refractivity contribution in [2.75, 3.05) is 17.0 Å². The zero-order chi connectivity index (χ0) is 19.5. The molecule has 5 nitrogen and oxygen atoms in total. The van der Waals surface area contributed by atoms with Crippen LogP contribution in [-0.2, 0) is 11.4 Å². The first-order valence-electron chi connectivity index (χ1n) is 8.78. The number of benzene rings is 2. The number of rotatable bonds is 5. The van der Waals surface area contributed by atoms with Crippen molar-refractivity contribution in [1.82, 2.24) is 9.97 Å². The third kappa shape index (κ3) is 3.77. The predicted octanol–water partition coefficient (Wildman–Crippen LogP) is 4.39. The quantitative estimate of drug-likeness (QED) is 0.705. The van der Waals surface area contributed by atoms with Crippen molar-refractivity contribution in [1.29, 1.82) is 0 Å². The Hall–Kier alpha value is -3.13. The topological polar surface area (TPSA) is 50.3 Å². The van der Waals surface area contributed by atoms with Crippen molar-refractivity contribution in [3.05, 3.63) is 83.4 Å². The lowest BCUT2D eigenvalue weighted by molar-refractivity contribution is 0.156. The summed E-state index contributed by atoms with van der Waals surface area (Å²) < 4.78 is 40.8. The van der Waals surface area contributed by atoms with E-state index in [9.17, 15) is 13.2 Å². The number of hydrogen-bond acceptors (Lipinski definition) is 5. The molecule has 1 atom stereocenters. The van der Waals surface area contributed by atoms with Crippen LogP contribution in [0, 0.1) is 17.5 Å². The summed E-state index contributed by atoms with van der Waals surface area (Å²) >= 11 is 0. The van der Waals surface area contributed by atoms with Gasteiger partial charge in [-0.15, -0.1) is 0 Å². The van der Waals surface area contributed by atoms with Crippen molar-refractivity contribution in [2.45, 2.75) is 19.0 Å². The number of hydrogen-bond donors (Lipinski definition) is 1. The first-order chi connectivity index (χ1) is 13.6. The van der Waals surface area contributed by atoms with Gasteiger partial charge in [-0.3, -0.25) is 4.84 Å². The zero-order valence-electron chi connectivity index (χ0n) is 14.8. The fourth-order valence-electron chi connectivity index (χ4n) is 3.11. The third-order valence-electron chi connectivity index (χ3n) is 4.51. The van der Waals surface area contributed by atoms with Gasteiger partial charge in [0.15, 0.2) is 17.5 Å². The standard InChI is InChI=1S/C20H17F3N4O/c21-14-6-4-13(5-7-14)11-24-18-10-19(26-12-25-18)27-17(8-9-28-27)15-2-1-3-16(22)20(15)23/h1-7,10,12,17H,8-9,11H2,(H,24,25,26)/t17-/m1/s1. The van der Waals surface area contributed by atoms with Crippen LogP contribution in [0.5, 0.6) is 0 Å². The lowest BCUT2D eigenvalue weighted by Crippen LogP contribution is -2.23. The second-order valence-corrected chi connectivity index (χ2v) is 6.35. The van der Waals surface area contributed by atoms with E-state index in [1.807, 2.05) is 0 Å². The van der Waals surface area contributed by atoms with Crippen LogP contribution in [0.3, 0.4) is 0 Å². The maximum atomic E-state index is 14.2. The van der Waals surface area contributed by atoms with Crippen LogP contribution in [0.25, 0.3) is 0 Å². The normalized spacial score (nSPS) is 16.4. The van der Waals surface area contributed by atoms with Crippen LogP contribution < -0.4 is 10.4 Å². The summed E-state index contributed by atoms with van der Waals surface area (Å²) in [5, 5.41) is 4.60. The van der Waals surface area contributed by atoms with Gasteiger partial charge in [-0.2, -0.15) is 0 Å². The van der Waals surface area contributed by atoms with E-state index in [0.717, 1.165) is 11.6 Å². The second-order valence-electron chi connectivity index (χ2n) is 6.35. The minimum absolute atomic E-state index is 0.219. The van der Waals surface area contributed by atoms with Crippen LogP contribution in [0.4, 0.5) is 24.8 Å². The van der Waals surface area contributed by atoms with Gasteiger partial charge in [0.1, 0.15) is 18.0 Å². The minimum Gasteiger partial charge on any atom is -0.366 e. The molecule has 0 saturated carbocycles. The van der Waals surface area contributed by atoms with Crippen LogP contribution in [0.2, 0.25) is 0 Å². The molecule has 1 N–H and O–H groups in total. The molecule has 4 rings (SSSR count). The molecule has 0 spiro atoms. The smallest absolute Gasteiger partial charge is 0.164 e. The average Bonchev–Trinajstić information content (AvgIpc) is 3.19. The molecule has 2 heterocycles. The Bertz CT molecular complexity index is 968. The molecule has 1 aliphatic rings. The van der Waals surface area contributed by atoms with Gasteiger partial charge in [0.2, 0.25) is 0 Å². The molecule has 0 bridgehead atoms. The van der Waals surface area contributed by atoms with E-state index in [2.05, 4.69) is 15.3 Å². The van der Waals surface area contributed by atoms with Crippen molar-refractivity contribution in [3.63, 3.8) is 0 Å². The second kappa shape index (κ2) is 7.85. The van der Waals surface area contributed by atoms with Gasteiger partial charge in [-0.1, -0.05) is 24.3 Å². The van der Waals surface area contributed by atoms with Crippen LogP contribution in [0.1, 0.15) is 23.6 Å². The molecule has 144 valence electrons. The largest absolute Gasteiger partial charge is 0.366 e. The highest BCUT2D eigenvalue weighted by Gasteiger charge is 2.31. The first-order valence-corrected chi connectivity index (χ1v) is 8.78. The Kier molecular flexibility index (Phi) is 5.12. The molecule has 2 aromatic carbocycles. The first kappa shape index (κ1) is 18.2. The van der Waals surface area contributed by atoms with E-state index in [1.165, 1.54) is 29.6 Å². The number of anilines is 2. The van der Waals surface area contributed by atoms with E-state index in [-0.39, 0.29) is 11.4 Å². The maximum absolute atomic E-state index is 14.2. The Morgan fingerprint density at radius 1 is 1.07 bits per heavy atom. The molecule has 1 aromatic heterocycles. The monoisotopic (exact) mass is 386 g/mol. The molecule has 8 heteroatoms. The molecule has 1 aliphatic heterocycles. The summed E-state index contributed by atoms with van der Waals surface area (Å²) in [6.07, 6.45) is 1.87. The van der Waals surface area contributed by atoms with E-state index >= 15 is 0 Å². The molecular weight excluding hydrogens is 369 g/mol. The maximum Gasteiger partial charge on any atom is 0.164 e. The number of nitrogens with zero attached hydrogens (tertiary/aromatic N) is 3. The van der Waals surface area contributed by atoms with Gasteiger partial charge in [-0.25, -0.2) is 28.2 Å². The highest BCUT2D eigenvalue weighted by Crippen LogP contribution is 2.36. The molecule has 0 unspecified atom stereocenters. The number of aromatic nitrogens is 2. The van der Waals surface area contributed by atoms with Crippen molar-refractivity contribution >= 4 is 11.6 Å². The summed E-state index contributed by atoms with van der Waals surface area (Å²) in [6.45, 7) is 0.808. The van der Waals surface area contributed by atoms with Crippen LogP contribution in [-0.4, -0.2) is 16.6 Å². The highest BCUT2D eigenvalue weighted by molar-refractivity contribution is 5.49. The van der Waals surface area contributed by atoms with Gasteiger partial charge < -0.3 is 5.32 Å². The SMILES string of the molecule is Fc1ccc(CNc2cc(N3OCC[C@@H]3c3cccc(F)c3F)ncn2)cc1. The van der Waals surface area contributed by atoms with Gasteiger partial charge in [0.05, 0.1) is 12.6 Å². The molecule has 0 radical (unpaired) electrons.